The van der Waals surface area contributed by atoms with E-state index < -0.39 is 0 Å². The summed E-state index contributed by atoms with van der Waals surface area (Å²) in [5.74, 6) is 1.60. The minimum absolute atomic E-state index is 0.00389. The molecule has 5 heteroatoms. The molecule has 2 N–H and O–H groups in total. The van der Waals surface area contributed by atoms with Gasteiger partial charge in [-0.2, -0.15) is 0 Å². The number of fused-ring (bicyclic) bond motifs is 6. The molecule has 4 aliphatic rings. The van der Waals surface area contributed by atoms with Crippen LogP contribution in [0, 0.1) is 0 Å². The Morgan fingerprint density at radius 2 is 1.88 bits per heavy atom. The van der Waals surface area contributed by atoms with Crippen LogP contribution in [0.5, 0.6) is 5.75 Å². The molecule has 0 radical (unpaired) electrons. The van der Waals surface area contributed by atoms with Gasteiger partial charge in [-0.3, -0.25) is 4.79 Å². The Hall–Kier alpha value is -1.59. The maximum Gasteiger partial charge on any atom is 0.226 e. The Bertz CT molecular complexity index is 627. The van der Waals surface area contributed by atoms with Gasteiger partial charge in [0.05, 0.1) is 31.8 Å². The third-order valence-electron chi connectivity index (χ3n) is 6.26. The van der Waals surface area contributed by atoms with Crippen LogP contribution < -0.4 is 10.5 Å². The van der Waals surface area contributed by atoms with Crippen molar-refractivity contribution in [3.63, 3.8) is 0 Å². The second-order valence-corrected chi connectivity index (χ2v) is 7.90. The molecule has 0 unspecified atom stereocenters. The van der Waals surface area contributed by atoms with E-state index in [1.807, 2.05) is 17.0 Å². The van der Waals surface area contributed by atoms with E-state index in [0.29, 0.717) is 25.6 Å². The molecule has 5 rings (SSSR count). The van der Waals surface area contributed by atoms with Crippen molar-refractivity contribution in [3.05, 3.63) is 29.8 Å². The fraction of sp³-hybridized carbons (Fsp3) is 0.667. The van der Waals surface area contributed by atoms with Crippen molar-refractivity contribution in [3.8, 4) is 5.75 Å². The normalized spacial score (nSPS) is 33.0. The zero-order valence-electron chi connectivity index (χ0n) is 15.4. The highest BCUT2D eigenvalue weighted by Gasteiger charge is 2.34. The lowest BCUT2D eigenvalue weighted by molar-refractivity contribution is -0.138. The van der Waals surface area contributed by atoms with Crippen molar-refractivity contribution >= 4 is 5.91 Å². The number of nitrogens with zero attached hydrogens (tertiary/aromatic N) is 1. The first-order chi connectivity index (χ1) is 12.7. The van der Waals surface area contributed by atoms with Gasteiger partial charge in [0.2, 0.25) is 5.91 Å². The summed E-state index contributed by atoms with van der Waals surface area (Å²) in [6, 6.07) is 8.32. The smallest absolute Gasteiger partial charge is 0.226 e. The van der Waals surface area contributed by atoms with E-state index in [1.165, 1.54) is 5.56 Å². The van der Waals surface area contributed by atoms with Gasteiger partial charge >= 0.3 is 0 Å². The van der Waals surface area contributed by atoms with E-state index in [-0.39, 0.29) is 24.1 Å². The van der Waals surface area contributed by atoms with Crippen LogP contribution in [0.3, 0.4) is 0 Å². The Morgan fingerprint density at radius 3 is 2.73 bits per heavy atom. The molecule has 3 aliphatic heterocycles. The molecule has 1 aromatic rings. The molecule has 1 aromatic carbocycles. The minimum Gasteiger partial charge on any atom is -0.493 e. The van der Waals surface area contributed by atoms with Crippen molar-refractivity contribution in [2.24, 2.45) is 5.73 Å². The van der Waals surface area contributed by atoms with Crippen molar-refractivity contribution in [1.82, 2.24) is 4.90 Å². The van der Waals surface area contributed by atoms with E-state index in [0.717, 1.165) is 50.8 Å². The SMILES string of the molecule is N[C@H]1CCCN2C(=O)CCOc3ccccc3C3CCC(CC3)OC[C@@H]12. The van der Waals surface area contributed by atoms with Crippen LogP contribution in [0.2, 0.25) is 0 Å². The van der Waals surface area contributed by atoms with E-state index >= 15 is 0 Å². The minimum atomic E-state index is 0.00389. The number of carbonyl (C=O) groups is 1. The maximum absolute atomic E-state index is 12.8. The summed E-state index contributed by atoms with van der Waals surface area (Å²) in [5, 5.41) is 0. The molecule has 142 valence electrons. The predicted molar refractivity (Wildman–Crippen MR) is 100 cm³/mol. The van der Waals surface area contributed by atoms with Gasteiger partial charge in [0.15, 0.2) is 0 Å². The molecule has 2 fully saturated rings. The van der Waals surface area contributed by atoms with Gasteiger partial charge in [-0.05, 0) is 56.1 Å². The van der Waals surface area contributed by atoms with Crippen LogP contribution in [0.15, 0.2) is 24.3 Å². The summed E-state index contributed by atoms with van der Waals surface area (Å²) in [6.07, 6.45) is 7.00. The van der Waals surface area contributed by atoms with E-state index in [4.69, 9.17) is 15.2 Å². The zero-order valence-corrected chi connectivity index (χ0v) is 15.4. The molecule has 1 aliphatic carbocycles. The highest BCUT2D eigenvalue weighted by Crippen LogP contribution is 2.38. The fourth-order valence-corrected chi connectivity index (χ4v) is 4.73. The Balaban J connectivity index is 1.56. The Kier molecular flexibility index (Phi) is 5.46. The molecular weight excluding hydrogens is 328 g/mol. The first-order valence-electron chi connectivity index (χ1n) is 10.1. The second-order valence-electron chi connectivity index (χ2n) is 7.90. The number of benzene rings is 1. The summed E-state index contributed by atoms with van der Waals surface area (Å²) in [4.78, 5) is 14.7. The van der Waals surface area contributed by atoms with Crippen molar-refractivity contribution < 1.29 is 14.3 Å². The number of amides is 1. The average Bonchev–Trinajstić information content (AvgIpc) is 2.67. The van der Waals surface area contributed by atoms with Gasteiger partial charge in [-0.15, -0.1) is 0 Å². The van der Waals surface area contributed by atoms with Crippen LogP contribution in [0.4, 0.5) is 0 Å². The number of ether oxygens (including phenoxy) is 2. The molecule has 26 heavy (non-hydrogen) atoms. The summed E-state index contributed by atoms with van der Waals surface area (Å²) in [6.45, 7) is 1.77. The van der Waals surface area contributed by atoms with E-state index in [1.54, 1.807) is 0 Å². The standard InChI is InChI=1S/C21H30N2O3/c22-18-5-3-12-23-19(18)14-26-16-9-7-15(8-10-16)17-4-1-2-6-20(17)25-13-11-21(23)24/h1-2,4,6,15-16,18-19H,3,5,7-14,22H2/t15?,16?,18-,19-/m0/s1. The lowest BCUT2D eigenvalue weighted by atomic mass is 9.82. The number of hydrogen-bond acceptors (Lipinski definition) is 4. The number of carbonyl (C=O) groups excluding carboxylic acids is 1. The topological polar surface area (TPSA) is 64.8 Å². The van der Waals surface area contributed by atoms with Gasteiger partial charge in [0.1, 0.15) is 5.75 Å². The van der Waals surface area contributed by atoms with E-state index in [2.05, 4.69) is 12.1 Å². The van der Waals surface area contributed by atoms with Crippen molar-refractivity contribution in [1.29, 1.82) is 0 Å². The molecule has 3 heterocycles. The Morgan fingerprint density at radius 1 is 1.08 bits per heavy atom. The molecule has 2 atom stereocenters. The van der Waals surface area contributed by atoms with Crippen LogP contribution in [0.1, 0.15) is 56.4 Å². The summed E-state index contributed by atoms with van der Waals surface area (Å²) < 4.78 is 12.3. The molecule has 0 spiro atoms. The number of hydrogen-bond donors (Lipinski definition) is 1. The van der Waals surface area contributed by atoms with Gasteiger partial charge in [0.25, 0.3) is 0 Å². The van der Waals surface area contributed by atoms with Crippen LogP contribution in [-0.4, -0.2) is 48.8 Å². The van der Waals surface area contributed by atoms with Crippen LogP contribution in [-0.2, 0) is 9.53 Å². The summed E-state index contributed by atoms with van der Waals surface area (Å²) >= 11 is 0. The van der Waals surface area contributed by atoms with Gasteiger partial charge in [0, 0.05) is 12.6 Å². The van der Waals surface area contributed by atoms with Crippen LogP contribution >= 0.6 is 0 Å². The molecule has 0 aromatic heterocycles. The molecule has 1 amide bonds. The van der Waals surface area contributed by atoms with Gasteiger partial charge < -0.3 is 20.1 Å². The number of rotatable bonds is 0. The second kappa shape index (κ2) is 7.97. The average molecular weight is 358 g/mol. The van der Waals surface area contributed by atoms with Gasteiger partial charge in [-0.25, -0.2) is 0 Å². The maximum atomic E-state index is 12.8. The molecule has 5 nitrogen and oxygen atoms in total. The molecule has 1 saturated carbocycles. The molecule has 1 saturated heterocycles. The van der Waals surface area contributed by atoms with Crippen molar-refractivity contribution in [2.45, 2.75) is 69.1 Å². The highest BCUT2D eigenvalue weighted by atomic mass is 16.5. The molecular formula is C21H30N2O3. The van der Waals surface area contributed by atoms with Crippen LogP contribution in [0.25, 0.3) is 0 Å². The number of para-hydroxylation sites is 1. The Labute approximate surface area is 155 Å². The lowest BCUT2D eigenvalue weighted by Gasteiger charge is -2.41. The predicted octanol–water partition coefficient (Wildman–Crippen LogP) is 2.83. The fourth-order valence-electron chi connectivity index (χ4n) is 4.73. The third-order valence-corrected chi connectivity index (χ3v) is 6.26. The third kappa shape index (κ3) is 3.74. The number of nitrogens with two attached hydrogens (primary N) is 1. The van der Waals surface area contributed by atoms with E-state index in [9.17, 15) is 4.79 Å². The quantitative estimate of drug-likeness (QED) is 0.774. The van der Waals surface area contributed by atoms with Gasteiger partial charge in [-0.1, -0.05) is 18.2 Å². The first kappa shape index (κ1) is 17.8. The number of piperidine rings is 1. The first-order valence-corrected chi connectivity index (χ1v) is 10.1. The largest absolute Gasteiger partial charge is 0.493 e. The van der Waals surface area contributed by atoms with Crippen molar-refractivity contribution in [2.75, 3.05) is 19.8 Å². The monoisotopic (exact) mass is 358 g/mol. The summed E-state index contributed by atoms with van der Waals surface area (Å²) in [5.41, 5.74) is 7.63. The summed E-state index contributed by atoms with van der Waals surface area (Å²) in [7, 11) is 0. The lowest BCUT2D eigenvalue weighted by Crippen LogP contribution is -2.56. The zero-order chi connectivity index (χ0) is 17.9. The highest BCUT2D eigenvalue weighted by molar-refractivity contribution is 5.77. The molecule has 2 bridgehead atoms.